The lowest BCUT2D eigenvalue weighted by Gasteiger charge is -2.27. The van der Waals surface area contributed by atoms with Crippen LogP contribution in [0.15, 0.2) is 54.8 Å². The highest BCUT2D eigenvalue weighted by Crippen LogP contribution is 2.40. The molecule has 178 valence electrons. The minimum Gasteiger partial charge on any atom is -0.406 e. The summed E-state index contributed by atoms with van der Waals surface area (Å²) in [4.78, 5) is 13.8. The monoisotopic (exact) mass is 461 g/mol. The summed E-state index contributed by atoms with van der Waals surface area (Å²) >= 11 is 0. The quantitative estimate of drug-likeness (QED) is 0.440. The predicted molar refractivity (Wildman–Crippen MR) is 127 cm³/mol. The Morgan fingerprint density at radius 1 is 1.24 bits per heavy atom. The number of halogens is 3. The number of alkyl halides is 3. The van der Waals surface area contributed by atoms with Gasteiger partial charge in [0, 0.05) is 26.8 Å². The van der Waals surface area contributed by atoms with Crippen molar-refractivity contribution >= 4 is 17.3 Å². The van der Waals surface area contributed by atoms with E-state index in [2.05, 4.69) is 28.9 Å². The number of nitrogens with one attached hydrogen (secondary N) is 2. The third-order valence-corrected chi connectivity index (χ3v) is 5.25. The van der Waals surface area contributed by atoms with E-state index < -0.39 is 6.36 Å². The van der Waals surface area contributed by atoms with Gasteiger partial charge in [0.25, 0.3) is 0 Å². The molecule has 0 aromatic heterocycles. The lowest BCUT2D eigenvalue weighted by atomic mass is 9.94. The maximum Gasteiger partial charge on any atom is 0.573 e. The molecule has 2 aromatic rings. The smallest absolute Gasteiger partial charge is 0.406 e. The molecule has 5 nitrogen and oxygen atoms in total. The molecule has 0 bridgehead atoms. The number of anilines is 2. The maximum absolute atomic E-state index is 12.5. The number of allylic oxidation sites excluding steroid dienone is 1. The second-order valence-corrected chi connectivity index (χ2v) is 7.62. The third-order valence-electron chi connectivity index (χ3n) is 5.25. The average molecular weight is 462 g/mol. The van der Waals surface area contributed by atoms with Crippen molar-refractivity contribution in [3.63, 3.8) is 0 Å². The zero-order chi connectivity index (χ0) is 24.8. The molecule has 0 unspecified atom stereocenters. The van der Waals surface area contributed by atoms with Crippen molar-refractivity contribution < 1.29 is 22.7 Å². The average Bonchev–Trinajstić information content (AvgIpc) is 2.76. The van der Waals surface area contributed by atoms with Crippen LogP contribution in [0.2, 0.25) is 0 Å². The number of hydrogen-bond acceptors (Lipinski definition) is 4. The molecule has 0 aliphatic heterocycles. The van der Waals surface area contributed by atoms with Crippen LogP contribution in [0.25, 0.3) is 11.1 Å². The van der Waals surface area contributed by atoms with Gasteiger partial charge in [-0.2, -0.15) is 0 Å². The van der Waals surface area contributed by atoms with Gasteiger partial charge in [0.2, 0.25) is 5.91 Å². The second kappa shape index (κ2) is 10.9. The van der Waals surface area contributed by atoms with Crippen LogP contribution >= 0.6 is 0 Å². The number of rotatable bonds is 9. The Balaban J connectivity index is 2.65. The summed E-state index contributed by atoms with van der Waals surface area (Å²) in [6.07, 6.45) is -0.615. The molecule has 2 N–H and O–H groups in total. The van der Waals surface area contributed by atoms with E-state index in [1.165, 1.54) is 23.8 Å². The molecule has 0 spiro atoms. The van der Waals surface area contributed by atoms with Gasteiger partial charge in [0.1, 0.15) is 5.75 Å². The van der Waals surface area contributed by atoms with Crippen LogP contribution in [-0.4, -0.2) is 26.4 Å². The molecule has 8 heteroatoms. The second-order valence-electron chi connectivity index (χ2n) is 7.62. The Kier molecular flexibility index (Phi) is 8.56. The zero-order valence-electron chi connectivity index (χ0n) is 19.6. The van der Waals surface area contributed by atoms with Crippen molar-refractivity contribution in [3.8, 4) is 16.9 Å². The summed E-state index contributed by atoms with van der Waals surface area (Å²) < 4.78 is 41.6. The fourth-order valence-electron chi connectivity index (χ4n) is 3.56. The van der Waals surface area contributed by atoms with Crippen LogP contribution < -0.4 is 20.3 Å². The predicted octanol–water partition coefficient (Wildman–Crippen LogP) is 6.15. The highest BCUT2D eigenvalue weighted by atomic mass is 19.4. The van der Waals surface area contributed by atoms with E-state index in [1.54, 1.807) is 12.1 Å². The van der Waals surface area contributed by atoms with Gasteiger partial charge in [-0.3, -0.25) is 4.79 Å². The largest absolute Gasteiger partial charge is 0.573 e. The highest BCUT2D eigenvalue weighted by molar-refractivity contribution is 5.89. The van der Waals surface area contributed by atoms with Gasteiger partial charge in [-0.15, -0.1) is 13.2 Å². The first-order chi connectivity index (χ1) is 15.5. The number of hydrogen-bond donors (Lipinski definition) is 2. The van der Waals surface area contributed by atoms with E-state index in [0.717, 1.165) is 40.0 Å². The number of carbonyl (C=O) groups is 1. The number of carbonyl (C=O) groups excluding carboxylic acids is 1. The van der Waals surface area contributed by atoms with E-state index in [1.807, 2.05) is 45.1 Å². The molecular formula is C25H30F3N3O2. The fraction of sp³-hybridized carbons (Fsp3) is 0.320. The van der Waals surface area contributed by atoms with Gasteiger partial charge < -0.3 is 20.3 Å². The van der Waals surface area contributed by atoms with E-state index in [-0.39, 0.29) is 18.2 Å². The van der Waals surface area contributed by atoms with Gasteiger partial charge in [-0.25, -0.2) is 0 Å². The van der Waals surface area contributed by atoms with Crippen LogP contribution in [0.4, 0.5) is 24.5 Å². The molecule has 2 aromatic carbocycles. The molecular weight excluding hydrogens is 431 g/mol. The summed E-state index contributed by atoms with van der Waals surface area (Å²) in [6, 6.07) is 7.69. The van der Waals surface area contributed by atoms with Gasteiger partial charge >= 0.3 is 6.36 Å². The summed E-state index contributed by atoms with van der Waals surface area (Å²) in [5.41, 5.74) is 6.26. The molecule has 33 heavy (non-hydrogen) atoms. The van der Waals surface area contributed by atoms with Crippen molar-refractivity contribution in [1.29, 1.82) is 0 Å². The molecule has 0 heterocycles. The van der Waals surface area contributed by atoms with Gasteiger partial charge in [0.15, 0.2) is 0 Å². The number of benzene rings is 2. The fourth-order valence-corrected chi connectivity index (χ4v) is 3.56. The molecule has 2 rings (SSSR count). The maximum atomic E-state index is 12.5. The van der Waals surface area contributed by atoms with Crippen molar-refractivity contribution in [2.75, 3.05) is 24.3 Å². The van der Waals surface area contributed by atoms with Gasteiger partial charge in [0.05, 0.1) is 11.4 Å². The first-order valence-corrected chi connectivity index (χ1v) is 10.5. The molecule has 1 amide bonds. The number of ether oxygens (including phenoxy) is 1. The topological polar surface area (TPSA) is 53.6 Å². The summed E-state index contributed by atoms with van der Waals surface area (Å²) in [7, 11) is 3.75. The van der Waals surface area contributed by atoms with Crippen molar-refractivity contribution in [1.82, 2.24) is 5.32 Å². The molecule has 0 aliphatic rings. The SMILES string of the molecule is C=CC(=O)NCc1cc(-c2ccc(OC(F)(F)F)cc2)c(C)c(N(C)/C=C(\C)CC)c1NC. The van der Waals surface area contributed by atoms with Crippen molar-refractivity contribution in [2.24, 2.45) is 0 Å². The zero-order valence-corrected chi connectivity index (χ0v) is 19.6. The first-order valence-electron chi connectivity index (χ1n) is 10.5. The van der Waals surface area contributed by atoms with Crippen LogP contribution in [-0.2, 0) is 11.3 Å². The lowest BCUT2D eigenvalue weighted by molar-refractivity contribution is -0.274. The normalized spacial score (nSPS) is 11.7. The van der Waals surface area contributed by atoms with E-state index in [9.17, 15) is 18.0 Å². The Hall–Kier alpha value is -3.42. The van der Waals surface area contributed by atoms with Crippen LogP contribution in [0, 0.1) is 6.92 Å². The molecule has 0 aliphatic carbocycles. The third kappa shape index (κ3) is 6.78. The van der Waals surface area contributed by atoms with Crippen molar-refractivity contribution in [3.05, 3.63) is 65.9 Å². The molecule has 0 saturated carbocycles. The Labute approximate surface area is 192 Å². The minimum absolute atomic E-state index is 0.251. The molecule has 0 atom stereocenters. The first kappa shape index (κ1) is 25.8. The van der Waals surface area contributed by atoms with Crippen LogP contribution in [0.5, 0.6) is 5.75 Å². The lowest BCUT2D eigenvalue weighted by Crippen LogP contribution is -2.22. The highest BCUT2D eigenvalue weighted by Gasteiger charge is 2.31. The van der Waals surface area contributed by atoms with Crippen molar-refractivity contribution in [2.45, 2.75) is 40.1 Å². The van der Waals surface area contributed by atoms with E-state index in [4.69, 9.17) is 0 Å². The standard InChI is InChI=1S/C25H30F3N3O2/c1-7-16(3)15-31(6)24-17(4)21(13-19(23(24)29-5)14-30-22(32)8-2)18-9-11-20(12-10-18)33-25(26,27)28/h8-13,15,29H,2,7,14H2,1,3-6H3,(H,30,32)/b16-15+. The van der Waals surface area contributed by atoms with E-state index >= 15 is 0 Å². The Morgan fingerprint density at radius 2 is 1.88 bits per heavy atom. The Bertz CT molecular complexity index is 1030. The van der Waals surface area contributed by atoms with Crippen LogP contribution in [0.1, 0.15) is 31.4 Å². The number of amides is 1. The number of nitrogens with zero attached hydrogens (tertiary/aromatic N) is 1. The minimum atomic E-state index is -4.75. The Morgan fingerprint density at radius 3 is 2.39 bits per heavy atom. The summed E-state index contributed by atoms with van der Waals surface area (Å²) in [5.74, 6) is -0.586. The molecule has 0 radical (unpaired) electrons. The van der Waals surface area contributed by atoms with E-state index in [0.29, 0.717) is 0 Å². The van der Waals surface area contributed by atoms with Gasteiger partial charge in [-0.05, 0) is 66.8 Å². The molecule has 0 saturated heterocycles. The van der Waals surface area contributed by atoms with Gasteiger partial charge in [-0.1, -0.05) is 31.2 Å². The summed E-state index contributed by atoms with van der Waals surface area (Å²) in [5, 5.41) is 6.04. The van der Waals surface area contributed by atoms with Crippen LogP contribution in [0.3, 0.4) is 0 Å². The summed E-state index contributed by atoms with van der Waals surface area (Å²) in [6.45, 7) is 9.81. The molecule has 0 fully saturated rings.